The normalized spacial score (nSPS) is 20.4. The Morgan fingerprint density at radius 1 is 1.53 bits per heavy atom. The monoisotopic (exact) mass is 207 g/mol. The summed E-state index contributed by atoms with van der Waals surface area (Å²) in [5.41, 5.74) is 6.24. The third-order valence-corrected chi connectivity index (χ3v) is 2.58. The molecule has 15 heavy (non-hydrogen) atoms. The van der Waals surface area contributed by atoms with E-state index in [0.717, 1.165) is 25.4 Å². The van der Waals surface area contributed by atoms with E-state index in [0.29, 0.717) is 11.8 Å². The molecular weight excluding hydrogens is 190 g/mol. The summed E-state index contributed by atoms with van der Waals surface area (Å²) in [5.74, 6) is 0.877. The Bertz CT molecular complexity index is 293. The summed E-state index contributed by atoms with van der Waals surface area (Å²) in [6.07, 6.45) is 5.54. The van der Waals surface area contributed by atoms with Gasteiger partial charge in [0.1, 0.15) is 5.82 Å². The number of nitrogens with two attached hydrogens (primary N) is 1. The first-order chi connectivity index (χ1) is 7.34. The van der Waals surface area contributed by atoms with Crippen molar-refractivity contribution >= 4 is 11.5 Å². The molecule has 0 aromatic carbocycles. The van der Waals surface area contributed by atoms with Crippen LogP contribution < -0.4 is 11.1 Å². The highest BCUT2D eigenvalue weighted by molar-refractivity contribution is 5.43. The molecule has 2 rings (SSSR count). The van der Waals surface area contributed by atoms with E-state index in [2.05, 4.69) is 10.3 Å². The van der Waals surface area contributed by atoms with E-state index in [-0.39, 0.29) is 0 Å². The molecule has 3 N–H and O–H groups in total. The van der Waals surface area contributed by atoms with Crippen molar-refractivity contribution in [1.29, 1.82) is 0 Å². The minimum atomic E-state index is 0.436. The minimum Gasteiger partial charge on any atom is -0.397 e. The molecule has 0 aliphatic carbocycles. The molecule has 0 unspecified atom stereocenters. The van der Waals surface area contributed by atoms with E-state index in [9.17, 15) is 0 Å². The summed E-state index contributed by atoms with van der Waals surface area (Å²) >= 11 is 0. The van der Waals surface area contributed by atoms with Gasteiger partial charge < -0.3 is 15.8 Å². The van der Waals surface area contributed by atoms with Crippen LogP contribution >= 0.6 is 0 Å². The molecule has 1 aromatic heterocycles. The third kappa shape index (κ3) is 3.09. The molecule has 1 saturated heterocycles. The maximum atomic E-state index is 5.54. The number of ether oxygens (including phenoxy) is 1. The zero-order valence-electron chi connectivity index (χ0n) is 8.78. The van der Waals surface area contributed by atoms with Gasteiger partial charge >= 0.3 is 0 Å². The van der Waals surface area contributed by atoms with Crippen LogP contribution in [0.3, 0.4) is 0 Å². The molecular formula is C11H17N3O. The van der Waals surface area contributed by atoms with Crippen LogP contribution in [-0.4, -0.2) is 24.2 Å². The predicted octanol–water partition coefficient (Wildman–Crippen LogP) is 1.64. The van der Waals surface area contributed by atoms with Gasteiger partial charge in [0.25, 0.3) is 0 Å². The SMILES string of the molecule is Nc1ccc(NCC[C@@H]2CCCO2)nc1. The number of aromatic nitrogens is 1. The highest BCUT2D eigenvalue weighted by Gasteiger charge is 2.14. The molecule has 2 heterocycles. The first-order valence-electron chi connectivity index (χ1n) is 5.41. The van der Waals surface area contributed by atoms with E-state index in [1.54, 1.807) is 6.20 Å². The van der Waals surface area contributed by atoms with Crippen molar-refractivity contribution in [2.24, 2.45) is 0 Å². The number of pyridine rings is 1. The van der Waals surface area contributed by atoms with E-state index < -0.39 is 0 Å². The Balaban J connectivity index is 1.71. The topological polar surface area (TPSA) is 60.2 Å². The molecule has 0 amide bonds. The van der Waals surface area contributed by atoms with Crippen molar-refractivity contribution in [3.63, 3.8) is 0 Å². The summed E-state index contributed by atoms with van der Waals surface area (Å²) in [4.78, 5) is 4.17. The Labute approximate surface area is 89.8 Å². The lowest BCUT2D eigenvalue weighted by atomic mass is 10.2. The van der Waals surface area contributed by atoms with Crippen molar-refractivity contribution in [2.45, 2.75) is 25.4 Å². The minimum absolute atomic E-state index is 0.436. The number of hydrogen-bond acceptors (Lipinski definition) is 4. The smallest absolute Gasteiger partial charge is 0.126 e. The summed E-state index contributed by atoms with van der Waals surface area (Å²) in [6.45, 7) is 1.83. The first-order valence-corrected chi connectivity index (χ1v) is 5.41. The van der Waals surface area contributed by atoms with Gasteiger partial charge in [0, 0.05) is 13.2 Å². The van der Waals surface area contributed by atoms with Crippen molar-refractivity contribution in [3.05, 3.63) is 18.3 Å². The fourth-order valence-electron chi connectivity index (χ4n) is 1.74. The molecule has 0 radical (unpaired) electrons. The number of nitrogens with zero attached hydrogens (tertiary/aromatic N) is 1. The van der Waals surface area contributed by atoms with Crippen molar-refractivity contribution in [3.8, 4) is 0 Å². The van der Waals surface area contributed by atoms with Crippen LogP contribution in [0.5, 0.6) is 0 Å². The molecule has 0 bridgehead atoms. The number of rotatable bonds is 4. The number of anilines is 2. The molecule has 1 aromatic rings. The number of nitrogen functional groups attached to an aromatic ring is 1. The summed E-state index contributed by atoms with van der Waals surface area (Å²) in [5, 5.41) is 3.25. The average Bonchev–Trinajstić information content (AvgIpc) is 2.74. The van der Waals surface area contributed by atoms with E-state index in [1.165, 1.54) is 12.8 Å². The Morgan fingerprint density at radius 3 is 3.13 bits per heavy atom. The van der Waals surface area contributed by atoms with Crippen LogP contribution in [0.15, 0.2) is 18.3 Å². The molecule has 1 fully saturated rings. The molecule has 4 heteroatoms. The van der Waals surface area contributed by atoms with Crippen LogP contribution in [0.25, 0.3) is 0 Å². The van der Waals surface area contributed by atoms with E-state index in [4.69, 9.17) is 10.5 Å². The van der Waals surface area contributed by atoms with Gasteiger partial charge in [-0.1, -0.05) is 0 Å². The van der Waals surface area contributed by atoms with Gasteiger partial charge in [-0.05, 0) is 31.4 Å². The second-order valence-corrected chi connectivity index (χ2v) is 3.83. The molecule has 0 saturated carbocycles. The van der Waals surface area contributed by atoms with Crippen LogP contribution in [-0.2, 0) is 4.74 Å². The standard InChI is InChI=1S/C11H17N3O/c12-9-3-4-11(14-8-9)13-6-5-10-2-1-7-15-10/h3-4,8,10H,1-2,5-7,12H2,(H,13,14)/t10-/m0/s1. The Kier molecular flexibility index (Phi) is 3.40. The van der Waals surface area contributed by atoms with Crippen LogP contribution in [0.1, 0.15) is 19.3 Å². The van der Waals surface area contributed by atoms with Gasteiger partial charge in [-0.2, -0.15) is 0 Å². The lowest BCUT2D eigenvalue weighted by Crippen LogP contribution is -2.12. The second kappa shape index (κ2) is 4.98. The Hall–Kier alpha value is -1.29. The van der Waals surface area contributed by atoms with Crippen molar-refractivity contribution in [2.75, 3.05) is 24.2 Å². The number of nitrogens with one attached hydrogen (secondary N) is 1. The molecule has 4 nitrogen and oxygen atoms in total. The van der Waals surface area contributed by atoms with Gasteiger partial charge in [0.15, 0.2) is 0 Å². The molecule has 82 valence electrons. The molecule has 0 spiro atoms. The van der Waals surface area contributed by atoms with Gasteiger partial charge in [-0.25, -0.2) is 4.98 Å². The van der Waals surface area contributed by atoms with E-state index in [1.807, 2.05) is 12.1 Å². The zero-order chi connectivity index (χ0) is 10.5. The Morgan fingerprint density at radius 2 is 2.47 bits per heavy atom. The van der Waals surface area contributed by atoms with Crippen molar-refractivity contribution < 1.29 is 4.74 Å². The van der Waals surface area contributed by atoms with E-state index >= 15 is 0 Å². The van der Waals surface area contributed by atoms with Gasteiger partial charge in [0.05, 0.1) is 18.0 Å². The van der Waals surface area contributed by atoms with Gasteiger partial charge in [0.2, 0.25) is 0 Å². The fraction of sp³-hybridized carbons (Fsp3) is 0.545. The maximum Gasteiger partial charge on any atom is 0.126 e. The summed E-state index contributed by atoms with van der Waals surface area (Å²) < 4.78 is 5.53. The van der Waals surface area contributed by atoms with Gasteiger partial charge in [-0.15, -0.1) is 0 Å². The lowest BCUT2D eigenvalue weighted by molar-refractivity contribution is 0.107. The van der Waals surface area contributed by atoms with Crippen LogP contribution in [0.4, 0.5) is 11.5 Å². The van der Waals surface area contributed by atoms with Crippen LogP contribution in [0.2, 0.25) is 0 Å². The maximum absolute atomic E-state index is 5.54. The lowest BCUT2D eigenvalue weighted by Gasteiger charge is -2.10. The van der Waals surface area contributed by atoms with Crippen LogP contribution in [0, 0.1) is 0 Å². The summed E-state index contributed by atoms with van der Waals surface area (Å²) in [6, 6.07) is 3.74. The highest BCUT2D eigenvalue weighted by Crippen LogP contribution is 2.15. The highest BCUT2D eigenvalue weighted by atomic mass is 16.5. The number of hydrogen-bond donors (Lipinski definition) is 2. The first kappa shape index (κ1) is 10.2. The molecule has 1 atom stereocenters. The second-order valence-electron chi connectivity index (χ2n) is 3.83. The molecule has 1 aliphatic heterocycles. The fourth-order valence-corrected chi connectivity index (χ4v) is 1.74. The quantitative estimate of drug-likeness (QED) is 0.788. The zero-order valence-corrected chi connectivity index (χ0v) is 8.78. The predicted molar refractivity (Wildman–Crippen MR) is 60.7 cm³/mol. The molecule has 1 aliphatic rings. The van der Waals surface area contributed by atoms with Gasteiger partial charge in [-0.3, -0.25) is 0 Å². The largest absolute Gasteiger partial charge is 0.397 e. The van der Waals surface area contributed by atoms with Crippen molar-refractivity contribution in [1.82, 2.24) is 4.98 Å². The summed E-state index contributed by atoms with van der Waals surface area (Å²) in [7, 11) is 0. The third-order valence-electron chi connectivity index (χ3n) is 2.58. The average molecular weight is 207 g/mol.